The summed E-state index contributed by atoms with van der Waals surface area (Å²) in [6.07, 6.45) is 0. The fourth-order valence-corrected chi connectivity index (χ4v) is 2.23. The highest BCUT2D eigenvalue weighted by Crippen LogP contribution is 2.17. The highest BCUT2D eigenvalue weighted by molar-refractivity contribution is 7.80. The highest BCUT2D eigenvalue weighted by Gasteiger charge is 2.05. The first kappa shape index (κ1) is 17.2. The van der Waals surface area contributed by atoms with Gasteiger partial charge in [0.25, 0.3) is 0 Å². The van der Waals surface area contributed by atoms with Crippen molar-refractivity contribution >= 4 is 46.2 Å². The van der Waals surface area contributed by atoms with Gasteiger partial charge in [-0.2, -0.15) is 0 Å². The first-order chi connectivity index (χ1) is 11.0. The molecule has 0 aromatic heterocycles. The summed E-state index contributed by atoms with van der Waals surface area (Å²) in [4.78, 5) is 12.9. The van der Waals surface area contributed by atoms with Crippen molar-refractivity contribution in [2.24, 2.45) is 0 Å². The molecular formula is C17H18ClN3OS. The number of hydrogen-bond donors (Lipinski definition) is 2. The molecule has 0 aliphatic carbocycles. The third-order valence-electron chi connectivity index (χ3n) is 3.35. The molecule has 0 atom stereocenters. The molecule has 0 radical (unpaired) electrons. The van der Waals surface area contributed by atoms with E-state index in [1.165, 1.54) is 6.92 Å². The van der Waals surface area contributed by atoms with Gasteiger partial charge in [0.15, 0.2) is 5.11 Å². The normalized spacial score (nSPS) is 10.0. The maximum Gasteiger partial charge on any atom is 0.223 e. The Kier molecular flexibility index (Phi) is 5.96. The highest BCUT2D eigenvalue weighted by atomic mass is 35.5. The lowest BCUT2D eigenvalue weighted by atomic mass is 10.2. The minimum Gasteiger partial charge on any atom is -0.358 e. The number of hydrogen-bond acceptors (Lipinski definition) is 2. The third-order valence-corrected chi connectivity index (χ3v) is 3.85. The number of amides is 1. The fraction of sp³-hybridized carbons (Fsp3) is 0.176. The Labute approximate surface area is 146 Å². The second-order valence-corrected chi connectivity index (χ2v) is 5.90. The second-order valence-electron chi connectivity index (χ2n) is 5.06. The molecule has 0 saturated heterocycles. The van der Waals surface area contributed by atoms with E-state index in [-0.39, 0.29) is 5.91 Å². The zero-order valence-electron chi connectivity index (χ0n) is 13.0. The molecule has 2 aromatic rings. The summed E-state index contributed by atoms with van der Waals surface area (Å²) in [6, 6.07) is 15.1. The predicted molar refractivity (Wildman–Crippen MR) is 100 cm³/mol. The molecule has 2 rings (SSSR count). The molecular weight excluding hydrogens is 330 g/mol. The lowest BCUT2D eigenvalue weighted by molar-refractivity contribution is -0.116. The number of rotatable bonds is 4. The maximum atomic E-state index is 11.3. The van der Waals surface area contributed by atoms with Gasteiger partial charge in [-0.1, -0.05) is 23.7 Å². The Morgan fingerprint density at radius 2 is 1.74 bits per heavy atom. The number of nitrogens with zero attached hydrogens (tertiary/aromatic N) is 1. The summed E-state index contributed by atoms with van der Waals surface area (Å²) in [5, 5.41) is 7.49. The molecule has 0 aliphatic heterocycles. The van der Waals surface area contributed by atoms with Gasteiger partial charge in [0.2, 0.25) is 5.91 Å². The quantitative estimate of drug-likeness (QED) is 0.825. The molecule has 23 heavy (non-hydrogen) atoms. The maximum absolute atomic E-state index is 11.3. The van der Waals surface area contributed by atoms with E-state index in [2.05, 4.69) is 10.6 Å². The van der Waals surface area contributed by atoms with Crippen LogP contribution in [0.25, 0.3) is 0 Å². The van der Waals surface area contributed by atoms with Gasteiger partial charge in [-0.25, -0.2) is 0 Å². The predicted octanol–water partition coefficient (Wildman–Crippen LogP) is 3.81. The van der Waals surface area contributed by atoms with Crippen molar-refractivity contribution in [3.8, 4) is 0 Å². The van der Waals surface area contributed by atoms with E-state index in [1.807, 2.05) is 48.5 Å². The molecule has 4 nitrogen and oxygen atoms in total. The number of benzene rings is 2. The lowest BCUT2D eigenvalue weighted by Gasteiger charge is -2.16. The summed E-state index contributed by atoms with van der Waals surface area (Å²) in [7, 11) is 1.74. The van der Waals surface area contributed by atoms with Gasteiger partial charge in [0, 0.05) is 36.9 Å². The van der Waals surface area contributed by atoms with Gasteiger partial charge >= 0.3 is 0 Å². The molecule has 0 fully saturated rings. The number of nitrogens with one attached hydrogen (secondary N) is 2. The minimum absolute atomic E-state index is 0.00846. The monoisotopic (exact) mass is 347 g/mol. The van der Waals surface area contributed by atoms with E-state index in [9.17, 15) is 4.79 Å². The number of halogens is 1. The average Bonchev–Trinajstić information content (AvgIpc) is 2.54. The van der Waals surface area contributed by atoms with Gasteiger partial charge in [0.05, 0.1) is 0 Å². The van der Waals surface area contributed by atoms with Gasteiger partial charge in [-0.15, -0.1) is 0 Å². The van der Waals surface area contributed by atoms with Crippen LogP contribution in [-0.2, 0) is 11.3 Å². The number of carbonyl (C=O) groups is 1. The minimum atomic E-state index is -0.00846. The molecule has 0 bridgehead atoms. The summed E-state index contributed by atoms with van der Waals surface area (Å²) in [6.45, 7) is 2.15. The third kappa shape index (κ3) is 5.23. The molecule has 2 N–H and O–H groups in total. The number of thiocarbonyl (C=S) groups is 1. The van der Waals surface area contributed by atoms with Crippen LogP contribution < -0.4 is 15.5 Å². The topological polar surface area (TPSA) is 44.4 Å². The smallest absolute Gasteiger partial charge is 0.223 e. The zero-order valence-corrected chi connectivity index (χ0v) is 14.5. The van der Waals surface area contributed by atoms with Crippen LogP contribution in [0.1, 0.15) is 12.5 Å². The van der Waals surface area contributed by atoms with Gasteiger partial charge < -0.3 is 15.5 Å². The van der Waals surface area contributed by atoms with Crippen LogP contribution in [0, 0.1) is 0 Å². The number of anilines is 2. The summed E-state index contributed by atoms with van der Waals surface area (Å²) < 4.78 is 0. The Morgan fingerprint density at radius 3 is 2.30 bits per heavy atom. The van der Waals surface area contributed by atoms with Crippen LogP contribution in [0.15, 0.2) is 48.5 Å². The molecule has 0 aliphatic rings. The summed E-state index contributed by atoms with van der Waals surface area (Å²) in [5.74, 6) is -0.00846. The van der Waals surface area contributed by atoms with Crippen molar-refractivity contribution in [2.45, 2.75) is 13.5 Å². The van der Waals surface area contributed by atoms with Crippen molar-refractivity contribution in [2.75, 3.05) is 17.3 Å². The Bertz CT molecular complexity index is 686. The SMILES string of the molecule is CC(=O)N(C)c1ccc(NC(=S)NCc2ccc(Cl)cc2)cc1. The van der Waals surface area contributed by atoms with Crippen molar-refractivity contribution in [1.29, 1.82) is 0 Å². The van der Waals surface area contributed by atoms with E-state index in [1.54, 1.807) is 11.9 Å². The number of carbonyl (C=O) groups excluding carboxylic acids is 1. The van der Waals surface area contributed by atoms with Gasteiger partial charge in [-0.05, 0) is 54.2 Å². The molecule has 1 amide bonds. The molecule has 0 spiro atoms. The van der Waals surface area contributed by atoms with E-state index in [4.69, 9.17) is 23.8 Å². The van der Waals surface area contributed by atoms with Gasteiger partial charge in [-0.3, -0.25) is 4.79 Å². The second kappa shape index (κ2) is 7.94. The fourth-order valence-electron chi connectivity index (χ4n) is 1.91. The van der Waals surface area contributed by atoms with Crippen LogP contribution in [0.4, 0.5) is 11.4 Å². The van der Waals surface area contributed by atoms with Gasteiger partial charge in [0.1, 0.15) is 0 Å². The molecule has 0 heterocycles. The van der Waals surface area contributed by atoms with E-state index < -0.39 is 0 Å². The Hall–Kier alpha value is -2.11. The van der Waals surface area contributed by atoms with Crippen LogP contribution in [0.3, 0.4) is 0 Å². The zero-order chi connectivity index (χ0) is 16.8. The van der Waals surface area contributed by atoms with Crippen LogP contribution in [-0.4, -0.2) is 18.1 Å². The van der Waals surface area contributed by atoms with E-state index >= 15 is 0 Å². The largest absolute Gasteiger partial charge is 0.358 e. The van der Waals surface area contributed by atoms with Crippen LogP contribution >= 0.6 is 23.8 Å². The first-order valence-corrected chi connectivity index (χ1v) is 7.88. The Balaban J connectivity index is 1.87. The van der Waals surface area contributed by atoms with Crippen LogP contribution in [0.5, 0.6) is 0 Å². The summed E-state index contributed by atoms with van der Waals surface area (Å²) in [5.41, 5.74) is 2.79. The summed E-state index contributed by atoms with van der Waals surface area (Å²) >= 11 is 11.1. The molecule has 0 saturated carbocycles. The lowest BCUT2D eigenvalue weighted by Crippen LogP contribution is -2.28. The standard InChI is InChI=1S/C17H18ClN3OS/c1-12(22)21(2)16-9-7-15(8-10-16)20-17(23)19-11-13-3-5-14(18)6-4-13/h3-10H,11H2,1-2H3,(H2,19,20,23). The van der Waals surface area contributed by atoms with E-state index in [0.29, 0.717) is 16.7 Å². The van der Waals surface area contributed by atoms with Crippen LogP contribution in [0.2, 0.25) is 5.02 Å². The molecule has 0 unspecified atom stereocenters. The Morgan fingerprint density at radius 1 is 1.13 bits per heavy atom. The molecule has 6 heteroatoms. The molecule has 2 aromatic carbocycles. The van der Waals surface area contributed by atoms with Crippen molar-refractivity contribution in [3.63, 3.8) is 0 Å². The molecule has 120 valence electrons. The first-order valence-electron chi connectivity index (χ1n) is 7.09. The van der Waals surface area contributed by atoms with Crippen molar-refractivity contribution in [3.05, 3.63) is 59.1 Å². The van der Waals surface area contributed by atoms with E-state index in [0.717, 1.165) is 16.9 Å². The van der Waals surface area contributed by atoms with Crippen molar-refractivity contribution in [1.82, 2.24) is 5.32 Å². The van der Waals surface area contributed by atoms with Crippen molar-refractivity contribution < 1.29 is 4.79 Å². The average molecular weight is 348 g/mol.